The molecular formula is C20H26N4O2. The van der Waals surface area contributed by atoms with E-state index in [1.165, 1.54) is 23.7 Å². The van der Waals surface area contributed by atoms with Crippen molar-refractivity contribution in [1.82, 2.24) is 15.2 Å². The molecule has 2 aromatic rings. The average Bonchev–Trinajstić information content (AvgIpc) is 2.65. The van der Waals surface area contributed by atoms with Crippen LogP contribution in [0.2, 0.25) is 0 Å². The molecule has 0 aliphatic carbocycles. The number of nitrogens with one attached hydrogen (secondary N) is 2. The third-order valence-electron chi connectivity index (χ3n) is 4.71. The molecule has 0 fully saturated rings. The number of pyridine rings is 1. The molecule has 2 N–H and O–H groups in total. The van der Waals surface area contributed by atoms with E-state index in [0.717, 1.165) is 18.5 Å². The molecule has 6 nitrogen and oxygen atoms in total. The number of anilines is 1. The van der Waals surface area contributed by atoms with Crippen LogP contribution in [0, 0.1) is 0 Å². The number of rotatable bonds is 6. The van der Waals surface area contributed by atoms with Gasteiger partial charge in [-0.25, -0.2) is 4.79 Å². The first-order valence-electron chi connectivity index (χ1n) is 9.13. The average molecular weight is 354 g/mol. The lowest BCUT2D eigenvalue weighted by Crippen LogP contribution is -2.36. The van der Waals surface area contributed by atoms with E-state index in [1.807, 2.05) is 6.07 Å². The molecule has 0 atom stereocenters. The summed E-state index contributed by atoms with van der Waals surface area (Å²) in [6, 6.07) is 11.3. The van der Waals surface area contributed by atoms with Crippen molar-refractivity contribution in [3.8, 4) is 0 Å². The fourth-order valence-electron chi connectivity index (χ4n) is 3.29. The van der Waals surface area contributed by atoms with Gasteiger partial charge >= 0.3 is 6.03 Å². The molecule has 2 amide bonds. The van der Waals surface area contributed by atoms with Gasteiger partial charge in [-0.2, -0.15) is 0 Å². The molecule has 1 aromatic carbocycles. The molecule has 0 bridgehead atoms. The summed E-state index contributed by atoms with van der Waals surface area (Å²) in [7, 11) is 2.12. The SMILES string of the molecule is CN1CCCc2cc(CNC(=O)NCCCn3ccccc3=O)ccc21. The van der Waals surface area contributed by atoms with Gasteiger partial charge in [0.2, 0.25) is 5.56 Å². The second-order valence-electron chi connectivity index (χ2n) is 6.68. The number of urea groups is 1. The van der Waals surface area contributed by atoms with Crippen molar-refractivity contribution in [2.75, 3.05) is 25.0 Å². The van der Waals surface area contributed by atoms with E-state index in [0.29, 0.717) is 26.1 Å². The van der Waals surface area contributed by atoms with Crippen LogP contribution in [0.15, 0.2) is 47.4 Å². The van der Waals surface area contributed by atoms with Gasteiger partial charge in [0.25, 0.3) is 0 Å². The predicted octanol–water partition coefficient (Wildman–Crippen LogP) is 2.12. The number of fused-ring (bicyclic) bond motifs is 1. The van der Waals surface area contributed by atoms with E-state index in [1.54, 1.807) is 16.8 Å². The summed E-state index contributed by atoms with van der Waals surface area (Å²) in [5.74, 6) is 0. The maximum atomic E-state index is 11.9. The fourth-order valence-corrected chi connectivity index (χ4v) is 3.29. The number of nitrogens with zero attached hydrogens (tertiary/aromatic N) is 2. The third kappa shape index (κ3) is 4.65. The Labute approximate surface area is 153 Å². The van der Waals surface area contributed by atoms with Gasteiger partial charge < -0.3 is 20.1 Å². The number of benzene rings is 1. The van der Waals surface area contributed by atoms with Crippen LogP contribution in [-0.4, -0.2) is 30.7 Å². The van der Waals surface area contributed by atoms with Gasteiger partial charge in [-0.3, -0.25) is 4.79 Å². The van der Waals surface area contributed by atoms with Crippen molar-refractivity contribution in [3.05, 3.63) is 64.1 Å². The topological polar surface area (TPSA) is 66.4 Å². The van der Waals surface area contributed by atoms with Crippen LogP contribution in [0.25, 0.3) is 0 Å². The van der Waals surface area contributed by atoms with Crippen molar-refractivity contribution in [2.24, 2.45) is 0 Å². The zero-order chi connectivity index (χ0) is 18.4. The van der Waals surface area contributed by atoms with Crippen molar-refractivity contribution >= 4 is 11.7 Å². The van der Waals surface area contributed by atoms with Gasteiger partial charge in [0.05, 0.1) is 0 Å². The van der Waals surface area contributed by atoms with E-state index in [2.05, 4.69) is 40.8 Å². The quantitative estimate of drug-likeness (QED) is 0.781. The smallest absolute Gasteiger partial charge is 0.315 e. The van der Waals surface area contributed by atoms with Crippen molar-refractivity contribution in [1.29, 1.82) is 0 Å². The summed E-state index contributed by atoms with van der Waals surface area (Å²) in [5.41, 5.74) is 3.74. The zero-order valence-corrected chi connectivity index (χ0v) is 15.2. The Kier molecular flexibility index (Phi) is 5.94. The first-order chi connectivity index (χ1) is 12.6. The number of aryl methyl sites for hydroxylation is 2. The summed E-state index contributed by atoms with van der Waals surface area (Å²) in [4.78, 5) is 25.8. The Morgan fingerprint density at radius 2 is 2.08 bits per heavy atom. The number of carbonyl (C=O) groups excluding carboxylic acids is 1. The minimum absolute atomic E-state index is 0.0185. The predicted molar refractivity (Wildman–Crippen MR) is 104 cm³/mol. The standard InChI is InChI=1S/C20H26N4O2/c1-23-11-4-6-17-14-16(8-9-18(17)23)15-22-20(26)21-10-5-13-24-12-3-2-7-19(24)25/h2-3,7-9,12,14H,4-6,10-11,13,15H2,1H3,(H2,21,22,26). The minimum atomic E-state index is -0.180. The Bertz CT molecular complexity index is 815. The summed E-state index contributed by atoms with van der Waals surface area (Å²) in [5, 5.41) is 5.73. The molecule has 0 saturated heterocycles. The van der Waals surface area contributed by atoms with E-state index in [-0.39, 0.29) is 11.6 Å². The van der Waals surface area contributed by atoms with E-state index >= 15 is 0 Å². The normalized spacial score (nSPS) is 13.2. The number of hydrogen-bond donors (Lipinski definition) is 2. The van der Waals surface area contributed by atoms with Crippen molar-refractivity contribution in [3.63, 3.8) is 0 Å². The van der Waals surface area contributed by atoms with Crippen LogP contribution >= 0.6 is 0 Å². The maximum Gasteiger partial charge on any atom is 0.315 e. The molecule has 0 radical (unpaired) electrons. The van der Waals surface area contributed by atoms with E-state index in [4.69, 9.17) is 0 Å². The Morgan fingerprint density at radius 3 is 2.92 bits per heavy atom. The summed E-state index contributed by atoms with van der Waals surface area (Å²) in [6.07, 6.45) is 4.74. The van der Waals surface area contributed by atoms with Crippen molar-refractivity contribution in [2.45, 2.75) is 32.4 Å². The molecule has 26 heavy (non-hydrogen) atoms. The highest BCUT2D eigenvalue weighted by atomic mass is 16.2. The highest BCUT2D eigenvalue weighted by Gasteiger charge is 2.13. The maximum absolute atomic E-state index is 11.9. The molecule has 6 heteroatoms. The van der Waals surface area contributed by atoms with E-state index < -0.39 is 0 Å². The molecule has 0 saturated carbocycles. The Morgan fingerprint density at radius 1 is 1.19 bits per heavy atom. The monoisotopic (exact) mass is 354 g/mol. The van der Waals surface area contributed by atoms with Gasteiger partial charge in [-0.15, -0.1) is 0 Å². The fraction of sp³-hybridized carbons (Fsp3) is 0.400. The summed E-state index contributed by atoms with van der Waals surface area (Å²) < 4.78 is 1.64. The summed E-state index contributed by atoms with van der Waals surface area (Å²) >= 11 is 0. The van der Waals surface area contributed by atoms with Crippen LogP contribution in [0.5, 0.6) is 0 Å². The lowest BCUT2D eigenvalue weighted by Gasteiger charge is -2.27. The highest BCUT2D eigenvalue weighted by molar-refractivity contribution is 5.73. The van der Waals surface area contributed by atoms with Crippen molar-refractivity contribution < 1.29 is 4.79 Å². The molecular weight excluding hydrogens is 328 g/mol. The number of amides is 2. The van der Waals surface area contributed by atoms with Crippen LogP contribution in [0.1, 0.15) is 24.0 Å². The lowest BCUT2D eigenvalue weighted by atomic mass is 9.99. The Balaban J connectivity index is 1.40. The second-order valence-corrected chi connectivity index (χ2v) is 6.68. The van der Waals surface area contributed by atoms with Crippen LogP contribution < -0.4 is 21.1 Å². The van der Waals surface area contributed by atoms with Gasteiger partial charge in [0.1, 0.15) is 0 Å². The van der Waals surface area contributed by atoms with Gasteiger partial charge in [0, 0.05) is 51.2 Å². The largest absolute Gasteiger partial charge is 0.374 e. The first-order valence-corrected chi connectivity index (χ1v) is 9.13. The number of hydrogen-bond acceptors (Lipinski definition) is 3. The molecule has 1 aromatic heterocycles. The molecule has 3 rings (SSSR count). The van der Waals surface area contributed by atoms with E-state index in [9.17, 15) is 9.59 Å². The van der Waals surface area contributed by atoms with Crippen LogP contribution in [0.3, 0.4) is 0 Å². The second kappa shape index (κ2) is 8.56. The number of aromatic nitrogens is 1. The molecule has 2 heterocycles. The lowest BCUT2D eigenvalue weighted by molar-refractivity contribution is 0.240. The number of carbonyl (C=O) groups is 1. The van der Waals surface area contributed by atoms with Gasteiger partial charge in [-0.05, 0) is 42.5 Å². The molecule has 0 spiro atoms. The summed E-state index contributed by atoms with van der Waals surface area (Å²) in [6.45, 7) is 2.74. The van der Waals surface area contributed by atoms with Crippen LogP contribution in [0.4, 0.5) is 10.5 Å². The third-order valence-corrected chi connectivity index (χ3v) is 4.71. The molecule has 138 valence electrons. The zero-order valence-electron chi connectivity index (χ0n) is 15.2. The minimum Gasteiger partial charge on any atom is -0.374 e. The Hall–Kier alpha value is -2.76. The first kappa shape index (κ1) is 18.0. The highest BCUT2D eigenvalue weighted by Crippen LogP contribution is 2.26. The molecule has 1 aliphatic heterocycles. The van der Waals surface area contributed by atoms with Crippen LogP contribution in [-0.2, 0) is 19.5 Å². The molecule has 1 aliphatic rings. The molecule has 0 unspecified atom stereocenters. The van der Waals surface area contributed by atoms with Gasteiger partial charge in [-0.1, -0.05) is 18.2 Å². The van der Waals surface area contributed by atoms with Gasteiger partial charge in [0.15, 0.2) is 0 Å².